The van der Waals surface area contributed by atoms with E-state index in [-0.39, 0.29) is 11.9 Å². The van der Waals surface area contributed by atoms with Crippen LogP contribution in [0.2, 0.25) is 0 Å². The minimum Gasteiger partial charge on any atom is -0.338 e. The number of carbonyl (C=O) groups is 1. The fourth-order valence-electron chi connectivity index (χ4n) is 3.48. The fraction of sp³-hybridized carbons (Fsp3) is 0.929. The van der Waals surface area contributed by atoms with E-state index in [2.05, 4.69) is 11.2 Å². The van der Waals surface area contributed by atoms with Crippen LogP contribution in [0.15, 0.2) is 0 Å². The van der Waals surface area contributed by atoms with Crippen molar-refractivity contribution in [2.75, 3.05) is 18.6 Å². The Balaban J connectivity index is 1.91. The van der Waals surface area contributed by atoms with Crippen LogP contribution in [0.4, 0.5) is 0 Å². The van der Waals surface area contributed by atoms with Crippen molar-refractivity contribution in [3.05, 3.63) is 0 Å². The molecule has 104 valence electrons. The highest BCUT2D eigenvalue weighted by molar-refractivity contribution is 7.98. The smallest absolute Gasteiger partial charge is 0.239 e. The number of rotatable bonds is 5. The number of thioether (sulfide) groups is 1. The van der Waals surface area contributed by atoms with E-state index in [0.29, 0.717) is 6.04 Å². The first-order chi connectivity index (χ1) is 8.74. The van der Waals surface area contributed by atoms with Crippen LogP contribution in [0, 0.1) is 5.92 Å². The van der Waals surface area contributed by atoms with Crippen molar-refractivity contribution >= 4 is 17.7 Å². The molecule has 1 saturated carbocycles. The van der Waals surface area contributed by atoms with Crippen LogP contribution in [-0.2, 0) is 4.79 Å². The van der Waals surface area contributed by atoms with Gasteiger partial charge in [0, 0.05) is 12.6 Å². The maximum atomic E-state index is 12.4. The standard InChI is InChI=1S/C14H26N2OS/c1-18-10-8-12(15)14(17)16-9-4-7-13(16)11-5-2-3-6-11/h11-13H,2-10,15H2,1H3/t12-,13?/m0/s1. The van der Waals surface area contributed by atoms with E-state index in [4.69, 9.17) is 5.73 Å². The molecular formula is C14H26N2OS. The molecular weight excluding hydrogens is 244 g/mol. The highest BCUT2D eigenvalue weighted by atomic mass is 32.2. The number of nitrogens with zero attached hydrogens (tertiary/aromatic N) is 1. The van der Waals surface area contributed by atoms with Crippen LogP contribution in [0.25, 0.3) is 0 Å². The first kappa shape index (κ1) is 14.2. The molecule has 2 atom stereocenters. The maximum Gasteiger partial charge on any atom is 0.239 e. The quantitative estimate of drug-likeness (QED) is 0.833. The molecule has 0 aromatic carbocycles. The molecule has 1 aliphatic carbocycles. The normalized spacial score (nSPS) is 26.8. The van der Waals surface area contributed by atoms with E-state index < -0.39 is 0 Å². The Hall–Kier alpha value is -0.220. The Morgan fingerprint density at radius 1 is 1.33 bits per heavy atom. The van der Waals surface area contributed by atoms with Gasteiger partial charge in [-0.15, -0.1) is 0 Å². The van der Waals surface area contributed by atoms with Gasteiger partial charge in [-0.3, -0.25) is 4.79 Å². The summed E-state index contributed by atoms with van der Waals surface area (Å²) in [6, 6.07) is 0.222. The van der Waals surface area contributed by atoms with Crippen molar-refractivity contribution < 1.29 is 4.79 Å². The Morgan fingerprint density at radius 3 is 2.72 bits per heavy atom. The summed E-state index contributed by atoms with van der Waals surface area (Å²) in [5, 5.41) is 0. The van der Waals surface area contributed by atoms with Gasteiger partial charge in [-0.05, 0) is 50.0 Å². The van der Waals surface area contributed by atoms with E-state index >= 15 is 0 Å². The molecule has 1 saturated heterocycles. The SMILES string of the molecule is CSCC[C@H](N)C(=O)N1CCCC1C1CCCC1. The van der Waals surface area contributed by atoms with Crippen molar-refractivity contribution in [2.24, 2.45) is 11.7 Å². The number of nitrogens with two attached hydrogens (primary N) is 1. The van der Waals surface area contributed by atoms with Gasteiger partial charge in [0.25, 0.3) is 0 Å². The van der Waals surface area contributed by atoms with Crippen molar-refractivity contribution in [1.82, 2.24) is 4.90 Å². The van der Waals surface area contributed by atoms with Crippen molar-refractivity contribution in [3.8, 4) is 0 Å². The van der Waals surface area contributed by atoms with Gasteiger partial charge >= 0.3 is 0 Å². The second-order valence-corrected chi connectivity index (χ2v) is 6.66. The molecule has 2 aliphatic rings. The number of likely N-dealkylation sites (tertiary alicyclic amines) is 1. The highest BCUT2D eigenvalue weighted by Gasteiger charge is 2.37. The molecule has 0 aromatic heterocycles. The lowest BCUT2D eigenvalue weighted by atomic mass is 9.95. The second-order valence-electron chi connectivity index (χ2n) is 5.67. The van der Waals surface area contributed by atoms with Crippen LogP contribution in [0.5, 0.6) is 0 Å². The molecule has 2 N–H and O–H groups in total. The minimum absolute atomic E-state index is 0.207. The summed E-state index contributed by atoms with van der Waals surface area (Å²) in [6.45, 7) is 0.937. The van der Waals surface area contributed by atoms with Crippen molar-refractivity contribution in [2.45, 2.75) is 57.0 Å². The zero-order valence-electron chi connectivity index (χ0n) is 11.4. The molecule has 18 heavy (non-hydrogen) atoms. The summed E-state index contributed by atoms with van der Waals surface area (Å²) in [5.41, 5.74) is 6.04. The largest absolute Gasteiger partial charge is 0.338 e. The first-order valence-corrected chi connectivity index (χ1v) is 8.68. The van der Waals surface area contributed by atoms with E-state index in [0.717, 1.165) is 24.6 Å². The molecule has 0 spiro atoms. The predicted molar refractivity (Wildman–Crippen MR) is 77.7 cm³/mol. The minimum atomic E-state index is -0.278. The molecule has 2 rings (SSSR count). The van der Waals surface area contributed by atoms with Gasteiger partial charge in [-0.25, -0.2) is 0 Å². The number of carbonyl (C=O) groups excluding carboxylic acids is 1. The topological polar surface area (TPSA) is 46.3 Å². The van der Waals surface area contributed by atoms with Gasteiger partial charge < -0.3 is 10.6 Å². The van der Waals surface area contributed by atoms with Gasteiger partial charge in [0.15, 0.2) is 0 Å². The Bertz CT molecular complexity index is 279. The third-order valence-corrected chi connectivity index (χ3v) is 5.12. The van der Waals surface area contributed by atoms with E-state index in [1.54, 1.807) is 11.8 Å². The molecule has 4 heteroatoms. The summed E-state index contributed by atoms with van der Waals surface area (Å²) < 4.78 is 0. The van der Waals surface area contributed by atoms with Gasteiger partial charge in [-0.2, -0.15) is 11.8 Å². The average molecular weight is 270 g/mol. The lowest BCUT2D eigenvalue weighted by molar-refractivity contribution is -0.134. The van der Waals surface area contributed by atoms with Crippen LogP contribution in [-0.4, -0.2) is 41.4 Å². The first-order valence-electron chi connectivity index (χ1n) is 7.29. The highest BCUT2D eigenvalue weighted by Crippen LogP contribution is 2.35. The fourth-order valence-corrected chi connectivity index (χ4v) is 3.97. The van der Waals surface area contributed by atoms with E-state index in [1.165, 1.54) is 38.5 Å². The third kappa shape index (κ3) is 3.21. The van der Waals surface area contributed by atoms with Gasteiger partial charge in [0.1, 0.15) is 0 Å². The van der Waals surface area contributed by atoms with Crippen LogP contribution in [0.3, 0.4) is 0 Å². The number of hydrogen-bond acceptors (Lipinski definition) is 3. The van der Waals surface area contributed by atoms with Gasteiger partial charge in [0.05, 0.1) is 6.04 Å². The summed E-state index contributed by atoms with van der Waals surface area (Å²) in [6.07, 6.45) is 10.6. The second kappa shape index (κ2) is 6.80. The average Bonchev–Trinajstić information content (AvgIpc) is 3.03. The monoisotopic (exact) mass is 270 g/mol. The molecule has 0 radical (unpaired) electrons. The van der Waals surface area contributed by atoms with Crippen LogP contribution >= 0.6 is 11.8 Å². The lowest BCUT2D eigenvalue weighted by Gasteiger charge is -2.31. The molecule has 0 aromatic rings. The molecule has 1 aliphatic heterocycles. The van der Waals surface area contributed by atoms with E-state index in [1.807, 2.05) is 0 Å². The summed E-state index contributed by atoms with van der Waals surface area (Å²) in [4.78, 5) is 14.5. The lowest BCUT2D eigenvalue weighted by Crippen LogP contribution is -2.48. The number of amides is 1. The molecule has 1 heterocycles. The molecule has 1 amide bonds. The molecule has 3 nitrogen and oxygen atoms in total. The zero-order chi connectivity index (χ0) is 13.0. The Morgan fingerprint density at radius 2 is 2.06 bits per heavy atom. The van der Waals surface area contributed by atoms with Gasteiger partial charge in [-0.1, -0.05) is 12.8 Å². The van der Waals surface area contributed by atoms with Gasteiger partial charge in [0.2, 0.25) is 5.91 Å². The van der Waals surface area contributed by atoms with Crippen LogP contribution < -0.4 is 5.73 Å². The third-order valence-electron chi connectivity index (χ3n) is 4.48. The Kier molecular flexibility index (Phi) is 5.37. The Labute approximate surface area is 115 Å². The number of hydrogen-bond donors (Lipinski definition) is 1. The predicted octanol–water partition coefficient (Wildman–Crippen LogP) is 2.25. The molecule has 2 fully saturated rings. The van der Waals surface area contributed by atoms with E-state index in [9.17, 15) is 4.79 Å². The van der Waals surface area contributed by atoms with Crippen LogP contribution in [0.1, 0.15) is 44.9 Å². The van der Waals surface area contributed by atoms with Crippen molar-refractivity contribution in [1.29, 1.82) is 0 Å². The molecule has 1 unspecified atom stereocenters. The van der Waals surface area contributed by atoms with Crippen molar-refractivity contribution in [3.63, 3.8) is 0 Å². The molecule has 0 bridgehead atoms. The zero-order valence-corrected chi connectivity index (χ0v) is 12.3. The maximum absolute atomic E-state index is 12.4. The summed E-state index contributed by atoms with van der Waals surface area (Å²) in [5.74, 6) is 1.94. The summed E-state index contributed by atoms with van der Waals surface area (Å²) >= 11 is 1.77. The summed E-state index contributed by atoms with van der Waals surface area (Å²) in [7, 11) is 0.